The zero-order valence-electron chi connectivity index (χ0n) is 22.8. The first-order valence-corrected chi connectivity index (χ1v) is 12.9. The lowest BCUT2D eigenvalue weighted by Crippen LogP contribution is -2.38. The Kier molecular flexibility index (Phi) is 9.48. The molecule has 204 valence electrons. The predicted molar refractivity (Wildman–Crippen MR) is 149 cm³/mol. The van der Waals surface area contributed by atoms with Crippen LogP contribution in [0, 0.1) is 11.3 Å². The Hall–Kier alpha value is -3.90. The Morgan fingerprint density at radius 2 is 1.82 bits per heavy atom. The van der Waals surface area contributed by atoms with E-state index in [1.54, 1.807) is 12.1 Å². The molecular weight excluding hydrogens is 482 g/mol. The molecule has 2 amide bonds. The number of carbonyl (C=O) groups is 2. The molecule has 0 radical (unpaired) electrons. The lowest BCUT2D eigenvalue weighted by atomic mass is 9.99. The highest BCUT2D eigenvalue weighted by atomic mass is 16.6. The summed E-state index contributed by atoms with van der Waals surface area (Å²) in [6, 6.07) is 12.6. The van der Waals surface area contributed by atoms with Crippen LogP contribution in [-0.2, 0) is 17.6 Å². The molecule has 2 aromatic rings. The minimum atomic E-state index is -0.520. The van der Waals surface area contributed by atoms with Crippen molar-refractivity contribution in [1.29, 1.82) is 5.26 Å². The van der Waals surface area contributed by atoms with Gasteiger partial charge in [0.15, 0.2) is 0 Å². The summed E-state index contributed by atoms with van der Waals surface area (Å²) in [5.41, 5.74) is 9.31. The number of carbonyl (C=O) groups excluding carboxylic acids is 2. The molecule has 0 atom stereocenters. The molecular formula is C29H39N5O4. The Morgan fingerprint density at radius 3 is 2.47 bits per heavy atom. The molecule has 1 aliphatic rings. The Labute approximate surface area is 226 Å². The van der Waals surface area contributed by atoms with Crippen molar-refractivity contribution in [3.05, 3.63) is 64.2 Å². The van der Waals surface area contributed by atoms with Crippen LogP contribution in [0.25, 0.3) is 0 Å². The average Bonchev–Trinajstić information content (AvgIpc) is 3.04. The number of amides is 2. The van der Waals surface area contributed by atoms with Crippen LogP contribution in [0.1, 0.15) is 68.7 Å². The van der Waals surface area contributed by atoms with Crippen LogP contribution in [0.2, 0.25) is 0 Å². The van der Waals surface area contributed by atoms with Gasteiger partial charge in [0.2, 0.25) is 0 Å². The molecule has 3 N–H and O–H groups in total. The van der Waals surface area contributed by atoms with Gasteiger partial charge in [-0.05, 0) is 82.9 Å². The van der Waals surface area contributed by atoms with Crippen molar-refractivity contribution in [2.24, 2.45) is 10.7 Å². The highest BCUT2D eigenvalue weighted by molar-refractivity contribution is 6.09. The first kappa shape index (κ1) is 28.7. The van der Waals surface area contributed by atoms with E-state index < -0.39 is 17.6 Å². The highest BCUT2D eigenvalue weighted by Crippen LogP contribution is 2.22. The number of nitriles is 1. The van der Waals surface area contributed by atoms with Crippen molar-refractivity contribution in [3.8, 4) is 11.8 Å². The topological polar surface area (TPSA) is 130 Å². The zero-order chi connectivity index (χ0) is 27.9. The third-order valence-corrected chi connectivity index (χ3v) is 5.92. The van der Waals surface area contributed by atoms with Crippen molar-refractivity contribution in [2.75, 3.05) is 26.2 Å². The fourth-order valence-electron chi connectivity index (χ4n) is 4.13. The lowest BCUT2D eigenvalue weighted by Gasteiger charge is -2.22. The Balaban J connectivity index is 0.00000533. The summed E-state index contributed by atoms with van der Waals surface area (Å²) in [5.74, 6) is 0.0339. The monoisotopic (exact) mass is 521 g/mol. The summed E-state index contributed by atoms with van der Waals surface area (Å²) in [6.45, 7) is 12.2. The maximum absolute atomic E-state index is 12.8. The normalized spacial score (nSPS) is 14.3. The van der Waals surface area contributed by atoms with E-state index in [0.717, 1.165) is 38.0 Å². The zero-order valence-corrected chi connectivity index (χ0v) is 22.8. The van der Waals surface area contributed by atoms with E-state index in [2.05, 4.69) is 21.3 Å². The second-order valence-electron chi connectivity index (χ2n) is 10.5. The van der Waals surface area contributed by atoms with Gasteiger partial charge in [-0.1, -0.05) is 12.1 Å². The van der Waals surface area contributed by atoms with Gasteiger partial charge in [0, 0.05) is 38.7 Å². The predicted octanol–water partition coefficient (Wildman–Crippen LogP) is 4.06. The van der Waals surface area contributed by atoms with E-state index in [1.165, 1.54) is 11.6 Å². The number of rotatable bonds is 7. The van der Waals surface area contributed by atoms with Crippen LogP contribution in [0.5, 0.6) is 5.75 Å². The first-order chi connectivity index (χ1) is 17.9. The smallest absolute Gasteiger partial charge is 0.407 e. The van der Waals surface area contributed by atoms with Crippen LogP contribution in [0.15, 0.2) is 41.4 Å². The van der Waals surface area contributed by atoms with Crippen LogP contribution in [0.3, 0.4) is 0 Å². The van der Waals surface area contributed by atoms with Crippen molar-refractivity contribution < 1.29 is 20.5 Å². The van der Waals surface area contributed by atoms with Crippen LogP contribution < -0.4 is 15.8 Å². The van der Waals surface area contributed by atoms with E-state index in [9.17, 15) is 14.9 Å². The van der Waals surface area contributed by atoms with Gasteiger partial charge in [0.05, 0.1) is 11.7 Å². The number of fused-ring (bicyclic) bond motifs is 1. The molecule has 0 aromatic heterocycles. The van der Waals surface area contributed by atoms with Crippen LogP contribution in [0.4, 0.5) is 4.79 Å². The standard InChI is InChI=1S/C29H37N5O4.H2/c1-19(2)37-25-9-8-23(17-24(25)18-30)27(35)33-26(31)22-7-6-20-10-13-34(14-11-21(20)16-22)15-12-32-28(36)38-29(3,4)5;/h6-9,16-17,19H,10-15H2,1-5H3,(H,32,36)(H2,31,33,35);1H. The molecule has 9 heteroatoms. The maximum atomic E-state index is 12.8. The van der Waals surface area contributed by atoms with Gasteiger partial charge < -0.3 is 25.4 Å². The Morgan fingerprint density at radius 1 is 1.13 bits per heavy atom. The van der Waals surface area contributed by atoms with Gasteiger partial charge in [-0.3, -0.25) is 4.79 Å². The van der Waals surface area contributed by atoms with E-state index in [-0.39, 0.29) is 24.5 Å². The molecule has 1 heterocycles. The van der Waals surface area contributed by atoms with Gasteiger partial charge >= 0.3 is 6.09 Å². The molecule has 0 unspecified atom stereocenters. The van der Waals surface area contributed by atoms with Gasteiger partial charge in [-0.25, -0.2) is 4.79 Å². The molecule has 9 nitrogen and oxygen atoms in total. The molecule has 0 spiro atoms. The van der Waals surface area contributed by atoms with Gasteiger partial charge in [0.1, 0.15) is 23.3 Å². The first-order valence-electron chi connectivity index (χ1n) is 12.9. The molecule has 3 rings (SSSR count). The number of ether oxygens (including phenoxy) is 2. The summed E-state index contributed by atoms with van der Waals surface area (Å²) in [5, 5.41) is 12.2. The number of nitrogens with two attached hydrogens (primary N) is 1. The van der Waals surface area contributed by atoms with Crippen molar-refractivity contribution >= 4 is 17.8 Å². The molecule has 1 aliphatic heterocycles. The van der Waals surface area contributed by atoms with Gasteiger partial charge in [-0.15, -0.1) is 0 Å². The molecule has 0 aliphatic carbocycles. The van der Waals surface area contributed by atoms with E-state index in [4.69, 9.17) is 15.2 Å². The number of aliphatic imine (C=N–C) groups is 1. The molecule has 2 aromatic carbocycles. The van der Waals surface area contributed by atoms with E-state index in [1.807, 2.05) is 52.8 Å². The molecule has 38 heavy (non-hydrogen) atoms. The fourth-order valence-corrected chi connectivity index (χ4v) is 4.13. The third kappa shape index (κ3) is 8.32. The molecule has 0 saturated heterocycles. The number of amidine groups is 1. The number of hydrogen-bond donors (Lipinski definition) is 2. The summed E-state index contributed by atoms with van der Waals surface area (Å²) in [4.78, 5) is 31.1. The van der Waals surface area contributed by atoms with Crippen LogP contribution in [-0.4, -0.2) is 60.6 Å². The van der Waals surface area contributed by atoms with E-state index in [0.29, 0.717) is 17.9 Å². The maximum Gasteiger partial charge on any atom is 0.407 e. The quantitative estimate of drug-likeness (QED) is 0.415. The number of benzene rings is 2. The average molecular weight is 522 g/mol. The van der Waals surface area contributed by atoms with Gasteiger partial charge in [0.25, 0.3) is 5.91 Å². The summed E-state index contributed by atoms with van der Waals surface area (Å²) < 4.78 is 10.9. The fraction of sp³-hybridized carbons (Fsp3) is 0.448. The Bertz CT molecular complexity index is 1250. The molecule has 0 fully saturated rings. The van der Waals surface area contributed by atoms with Crippen molar-refractivity contribution in [1.82, 2.24) is 10.2 Å². The summed E-state index contributed by atoms with van der Waals surface area (Å²) in [7, 11) is 0. The summed E-state index contributed by atoms with van der Waals surface area (Å²) >= 11 is 0. The number of nitrogens with zero attached hydrogens (tertiary/aromatic N) is 3. The second-order valence-corrected chi connectivity index (χ2v) is 10.5. The number of nitrogens with one attached hydrogen (secondary N) is 1. The second kappa shape index (κ2) is 12.6. The molecule has 0 saturated carbocycles. The highest BCUT2D eigenvalue weighted by Gasteiger charge is 2.18. The minimum absolute atomic E-state index is 0. The minimum Gasteiger partial charge on any atom is -0.490 e. The lowest BCUT2D eigenvalue weighted by molar-refractivity contribution is 0.0522. The SMILES string of the molecule is CC(C)Oc1ccc(C(=O)N=C(N)c2ccc3c(c2)CCN(CCNC(=O)OC(C)(C)C)CC3)cc1C#N.[HH]. The number of alkyl carbamates (subject to hydrolysis) is 1. The van der Waals surface area contributed by atoms with Crippen molar-refractivity contribution in [3.63, 3.8) is 0 Å². The largest absolute Gasteiger partial charge is 0.490 e. The van der Waals surface area contributed by atoms with Crippen LogP contribution >= 0.6 is 0 Å². The third-order valence-electron chi connectivity index (χ3n) is 5.92. The summed E-state index contributed by atoms with van der Waals surface area (Å²) in [6.07, 6.45) is 1.19. The van der Waals surface area contributed by atoms with Gasteiger partial charge in [-0.2, -0.15) is 10.3 Å². The van der Waals surface area contributed by atoms with E-state index >= 15 is 0 Å². The van der Waals surface area contributed by atoms with Crippen molar-refractivity contribution in [2.45, 2.75) is 59.2 Å². The number of hydrogen-bond acceptors (Lipinski definition) is 6. The molecule has 0 bridgehead atoms.